The first-order chi connectivity index (χ1) is 7.79. The summed E-state index contributed by atoms with van der Waals surface area (Å²) in [4.78, 5) is 0. The number of rotatable bonds is 8. The summed E-state index contributed by atoms with van der Waals surface area (Å²) >= 11 is 0. The van der Waals surface area contributed by atoms with E-state index in [2.05, 4.69) is 5.32 Å². The van der Waals surface area contributed by atoms with Crippen molar-refractivity contribution in [1.29, 1.82) is 0 Å². The Morgan fingerprint density at radius 1 is 1.19 bits per heavy atom. The minimum Gasteiger partial charge on any atom is -0.375 e. The van der Waals surface area contributed by atoms with Crippen LogP contribution in [0.3, 0.4) is 0 Å². The average molecular weight is 229 g/mol. The molecule has 2 nitrogen and oxygen atoms in total. The molecule has 0 aliphatic rings. The molecular formula is C12H17F2NO. The molecule has 0 radical (unpaired) electrons. The van der Waals surface area contributed by atoms with Gasteiger partial charge in [-0.15, -0.1) is 0 Å². The first-order valence-electron chi connectivity index (χ1n) is 5.39. The Bertz CT molecular complexity index is 267. The van der Waals surface area contributed by atoms with Gasteiger partial charge in [0.05, 0.1) is 0 Å². The van der Waals surface area contributed by atoms with E-state index in [1.165, 1.54) is 5.56 Å². The van der Waals surface area contributed by atoms with Gasteiger partial charge in [0.1, 0.15) is 6.61 Å². The topological polar surface area (TPSA) is 21.3 Å². The van der Waals surface area contributed by atoms with Gasteiger partial charge in [-0.1, -0.05) is 30.3 Å². The predicted molar refractivity (Wildman–Crippen MR) is 59.6 cm³/mol. The third-order valence-corrected chi connectivity index (χ3v) is 2.06. The Morgan fingerprint density at radius 3 is 2.62 bits per heavy atom. The van der Waals surface area contributed by atoms with Gasteiger partial charge in [-0.3, -0.25) is 0 Å². The van der Waals surface area contributed by atoms with Gasteiger partial charge < -0.3 is 10.1 Å². The van der Waals surface area contributed by atoms with Crippen molar-refractivity contribution in [2.45, 2.75) is 19.4 Å². The molecule has 90 valence electrons. The number of alkyl halides is 2. The monoisotopic (exact) mass is 229 g/mol. The standard InChI is InChI=1S/C12H17F2NO/c13-12(14)10-16-8-4-7-15-9-11-5-2-1-3-6-11/h1-3,5-6,12,15H,4,7-10H2. The molecule has 0 bridgehead atoms. The summed E-state index contributed by atoms with van der Waals surface area (Å²) < 4.78 is 28.1. The largest absolute Gasteiger partial charge is 0.375 e. The van der Waals surface area contributed by atoms with Crippen LogP contribution in [0.4, 0.5) is 8.78 Å². The highest BCUT2D eigenvalue weighted by atomic mass is 19.3. The van der Waals surface area contributed by atoms with E-state index in [9.17, 15) is 8.78 Å². The maximum atomic E-state index is 11.7. The first-order valence-corrected chi connectivity index (χ1v) is 5.39. The van der Waals surface area contributed by atoms with Crippen LogP contribution < -0.4 is 5.32 Å². The van der Waals surface area contributed by atoms with Gasteiger partial charge in [-0.2, -0.15) is 0 Å². The number of benzene rings is 1. The highest BCUT2D eigenvalue weighted by molar-refractivity contribution is 5.14. The summed E-state index contributed by atoms with van der Waals surface area (Å²) in [5.41, 5.74) is 1.22. The minimum atomic E-state index is -2.36. The highest BCUT2D eigenvalue weighted by Gasteiger charge is 2.00. The quantitative estimate of drug-likeness (QED) is 0.691. The highest BCUT2D eigenvalue weighted by Crippen LogP contribution is 1.97. The Morgan fingerprint density at radius 2 is 1.94 bits per heavy atom. The molecule has 1 rings (SSSR count). The summed E-state index contributed by atoms with van der Waals surface area (Å²) in [6, 6.07) is 10.0. The summed E-state index contributed by atoms with van der Waals surface area (Å²) in [6.45, 7) is 1.50. The third kappa shape index (κ3) is 6.48. The lowest BCUT2D eigenvalue weighted by atomic mass is 10.2. The van der Waals surface area contributed by atoms with Gasteiger partial charge in [-0.05, 0) is 18.5 Å². The first kappa shape index (κ1) is 13.1. The van der Waals surface area contributed by atoms with Gasteiger partial charge in [-0.25, -0.2) is 8.78 Å². The molecule has 0 spiro atoms. The zero-order valence-corrected chi connectivity index (χ0v) is 9.16. The second kappa shape index (κ2) is 8.19. The normalized spacial score (nSPS) is 10.9. The fraction of sp³-hybridized carbons (Fsp3) is 0.500. The smallest absolute Gasteiger partial charge is 0.261 e. The van der Waals surface area contributed by atoms with Crippen LogP contribution in [0.5, 0.6) is 0 Å². The summed E-state index contributed by atoms with van der Waals surface area (Å²) in [5, 5.41) is 3.22. The summed E-state index contributed by atoms with van der Waals surface area (Å²) in [7, 11) is 0. The fourth-order valence-corrected chi connectivity index (χ4v) is 1.30. The van der Waals surface area contributed by atoms with Crippen molar-refractivity contribution in [2.24, 2.45) is 0 Å². The predicted octanol–water partition coefficient (Wildman–Crippen LogP) is 2.45. The maximum absolute atomic E-state index is 11.7. The molecule has 0 atom stereocenters. The Hall–Kier alpha value is -1.00. The molecule has 0 heterocycles. The Balaban J connectivity index is 1.93. The van der Waals surface area contributed by atoms with Gasteiger partial charge in [0.15, 0.2) is 0 Å². The summed E-state index contributed by atoms with van der Waals surface area (Å²) in [6.07, 6.45) is -1.61. The second-order valence-electron chi connectivity index (χ2n) is 3.48. The maximum Gasteiger partial charge on any atom is 0.261 e. The molecule has 1 N–H and O–H groups in total. The Kier molecular flexibility index (Phi) is 6.69. The lowest BCUT2D eigenvalue weighted by Crippen LogP contribution is -2.17. The average Bonchev–Trinajstić information content (AvgIpc) is 2.29. The van der Waals surface area contributed by atoms with Crippen LogP contribution in [-0.4, -0.2) is 26.2 Å². The van der Waals surface area contributed by atoms with E-state index in [0.717, 1.165) is 19.5 Å². The van der Waals surface area contributed by atoms with E-state index in [-0.39, 0.29) is 0 Å². The molecule has 0 aliphatic heterocycles. The van der Waals surface area contributed by atoms with Gasteiger partial charge in [0.25, 0.3) is 6.43 Å². The molecule has 0 aromatic heterocycles. The number of hydrogen-bond acceptors (Lipinski definition) is 2. The van der Waals surface area contributed by atoms with Crippen LogP contribution in [0.25, 0.3) is 0 Å². The molecule has 0 unspecified atom stereocenters. The van der Waals surface area contributed by atoms with Crippen LogP contribution in [0.1, 0.15) is 12.0 Å². The molecule has 0 aliphatic carbocycles. The molecule has 16 heavy (non-hydrogen) atoms. The zero-order chi connectivity index (χ0) is 11.6. The van der Waals surface area contributed by atoms with Crippen molar-refractivity contribution in [3.63, 3.8) is 0 Å². The molecule has 1 aromatic rings. The molecule has 4 heteroatoms. The Labute approximate surface area is 94.6 Å². The van der Waals surface area contributed by atoms with E-state index >= 15 is 0 Å². The van der Waals surface area contributed by atoms with E-state index in [1.54, 1.807) is 0 Å². The van der Waals surface area contributed by atoms with E-state index in [0.29, 0.717) is 6.61 Å². The van der Waals surface area contributed by atoms with Crippen molar-refractivity contribution in [2.75, 3.05) is 19.8 Å². The number of nitrogens with one attached hydrogen (secondary N) is 1. The minimum absolute atomic E-state index is 0.381. The molecule has 1 aromatic carbocycles. The van der Waals surface area contributed by atoms with Gasteiger partial charge in [0.2, 0.25) is 0 Å². The molecule has 0 amide bonds. The summed E-state index contributed by atoms with van der Waals surface area (Å²) in [5.74, 6) is 0. The van der Waals surface area contributed by atoms with Crippen LogP contribution >= 0.6 is 0 Å². The SMILES string of the molecule is FC(F)COCCCNCc1ccccc1. The van der Waals surface area contributed by atoms with E-state index in [1.807, 2.05) is 30.3 Å². The fourth-order valence-electron chi connectivity index (χ4n) is 1.30. The van der Waals surface area contributed by atoms with Gasteiger partial charge >= 0.3 is 0 Å². The lowest BCUT2D eigenvalue weighted by molar-refractivity contribution is 0.0168. The van der Waals surface area contributed by atoms with Crippen LogP contribution in [-0.2, 0) is 11.3 Å². The molecule has 0 saturated carbocycles. The van der Waals surface area contributed by atoms with Crippen LogP contribution in [0.15, 0.2) is 30.3 Å². The molecular weight excluding hydrogens is 212 g/mol. The van der Waals surface area contributed by atoms with E-state index in [4.69, 9.17) is 4.74 Å². The van der Waals surface area contributed by atoms with Crippen molar-refractivity contribution >= 4 is 0 Å². The van der Waals surface area contributed by atoms with E-state index < -0.39 is 13.0 Å². The zero-order valence-electron chi connectivity index (χ0n) is 9.16. The van der Waals surface area contributed by atoms with Crippen LogP contribution in [0, 0.1) is 0 Å². The number of ether oxygens (including phenoxy) is 1. The second-order valence-corrected chi connectivity index (χ2v) is 3.48. The van der Waals surface area contributed by atoms with Crippen molar-refractivity contribution in [1.82, 2.24) is 5.32 Å². The van der Waals surface area contributed by atoms with Crippen molar-refractivity contribution in [3.8, 4) is 0 Å². The van der Waals surface area contributed by atoms with Crippen LogP contribution in [0.2, 0.25) is 0 Å². The molecule has 0 saturated heterocycles. The third-order valence-electron chi connectivity index (χ3n) is 2.06. The van der Waals surface area contributed by atoms with Crippen molar-refractivity contribution < 1.29 is 13.5 Å². The lowest BCUT2D eigenvalue weighted by Gasteiger charge is -2.05. The van der Waals surface area contributed by atoms with Gasteiger partial charge in [0, 0.05) is 13.2 Å². The molecule has 0 fully saturated rings. The number of hydrogen-bond donors (Lipinski definition) is 1. The van der Waals surface area contributed by atoms with Crippen molar-refractivity contribution in [3.05, 3.63) is 35.9 Å². The number of halogens is 2.